The Bertz CT molecular complexity index is 1740. The van der Waals surface area contributed by atoms with Crippen LogP contribution in [-0.4, -0.2) is 72.0 Å². The van der Waals surface area contributed by atoms with Gasteiger partial charge in [-0.15, -0.1) is 0 Å². The molecule has 3 aromatic rings. The van der Waals surface area contributed by atoms with Gasteiger partial charge in [0.05, 0.1) is 19.3 Å². The third-order valence-electron chi connectivity index (χ3n) is 10.2. The topological polar surface area (TPSA) is 88.2 Å². The van der Waals surface area contributed by atoms with Crippen LogP contribution < -0.4 is 10.1 Å². The van der Waals surface area contributed by atoms with Crippen molar-refractivity contribution in [3.05, 3.63) is 105 Å². The van der Waals surface area contributed by atoms with E-state index in [-0.39, 0.29) is 35.9 Å². The van der Waals surface area contributed by atoms with Crippen molar-refractivity contribution >= 4 is 23.4 Å². The molecule has 2 heterocycles. The van der Waals surface area contributed by atoms with Crippen molar-refractivity contribution in [2.24, 2.45) is 0 Å². The van der Waals surface area contributed by atoms with Gasteiger partial charge in [-0.25, -0.2) is 0 Å². The molecular weight excluding hydrogens is 614 g/mol. The van der Waals surface area contributed by atoms with Crippen molar-refractivity contribution in [3.63, 3.8) is 0 Å². The highest BCUT2D eigenvalue weighted by atomic mass is 16.5. The van der Waals surface area contributed by atoms with Crippen molar-refractivity contribution in [2.75, 3.05) is 26.3 Å². The minimum atomic E-state index is -0.296. The summed E-state index contributed by atoms with van der Waals surface area (Å²) in [4.78, 5) is 42.7. The number of aryl methyl sites for hydroxylation is 2. The van der Waals surface area contributed by atoms with Gasteiger partial charge >= 0.3 is 5.97 Å². The zero-order chi connectivity index (χ0) is 34.7. The standard InChI is InChI=1S/C41H49N3O5/c1-26-20-27(2)28(3)39(21-26)49-18-16-31-10-12-33(13-11-31)37-22-35-24-43(29(4)45)25-38(42-35)40(37)41(47)44(36-14-15-36)23-34-9-7-6-8-32(34)17-19-48-30(5)46/h6-13,20-21,35-36,38,42H,14-19,22-25H2,1-5H3/t35?,38-/m1/s1. The molecule has 49 heavy (non-hydrogen) atoms. The molecule has 1 unspecified atom stereocenters. The Morgan fingerprint density at radius 2 is 1.63 bits per heavy atom. The SMILES string of the molecule is CC(=O)OCCc1ccccc1CN(C(=O)C1=C(c2ccc(CCOc3cc(C)cc(C)c3C)cc2)CC2CN(C(C)=O)C[C@H]1N2)C1CC1. The first-order chi connectivity index (χ1) is 23.6. The summed E-state index contributed by atoms with van der Waals surface area (Å²) in [6.07, 6.45) is 4.00. The van der Waals surface area contributed by atoms with Gasteiger partial charge in [0.1, 0.15) is 5.75 Å². The number of benzene rings is 3. The third kappa shape index (κ3) is 8.24. The Hall–Kier alpha value is -4.43. The lowest BCUT2D eigenvalue weighted by molar-refractivity contribution is -0.140. The largest absolute Gasteiger partial charge is 0.493 e. The van der Waals surface area contributed by atoms with Crippen LogP contribution in [0.1, 0.15) is 72.1 Å². The molecule has 3 aliphatic rings. The first-order valence-corrected chi connectivity index (χ1v) is 17.6. The highest BCUT2D eigenvalue weighted by molar-refractivity contribution is 6.03. The maximum absolute atomic E-state index is 14.8. The molecule has 6 rings (SSSR count). The Morgan fingerprint density at radius 3 is 2.33 bits per heavy atom. The van der Waals surface area contributed by atoms with E-state index in [2.05, 4.69) is 68.6 Å². The number of nitrogens with zero attached hydrogens (tertiary/aromatic N) is 2. The van der Waals surface area contributed by atoms with Crippen molar-refractivity contribution < 1.29 is 23.9 Å². The number of hydrogen-bond acceptors (Lipinski definition) is 6. The van der Waals surface area contributed by atoms with Gasteiger partial charge in [0.2, 0.25) is 5.91 Å². The van der Waals surface area contributed by atoms with Crippen LogP contribution in [0.2, 0.25) is 0 Å². The zero-order valence-electron chi connectivity index (χ0n) is 29.5. The summed E-state index contributed by atoms with van der Waals surface area (Å²) in [6, 6.07) is 21.0. The van der Waals surface area contributed by atoms with Crippen molar-refractivity contribution in [3.8, 4) is 5.75 Å². The summed E-state index contributed by atoms with van der Waals surface area (Å²) >= 11 is 0. The highest BCUT2D eigenvalue weighted by Gasteiger charge is 2.43. The normalized spacial score (nSPS) is 18.7. The molecule has 2 amide bonds. The molecule has 8 nitrogen and oxygen atoms in total. The van der Waals surface area contributed by atoms with Gasteiger partial charge in [-0.2, -0.15) is 0 Å². The van der Waals surface area contributed by atoms with E-state index in [0.717, 1.165) is 52.8 Å². The Morgan fingerprint density at radius 1 is 0.898 bits per heavy atom. The molecule has 2 bridgehead atoms. The average Bonchev–Trinajstić information content (AvgIpc) is 3.91. The summed E-state index contributed by atoms with van der Waals surface area (Å²) in [5.74, 6) is 0.719. The molecular formula is C41H49N3O5. The maximum Gasteiger partial charge on any atom is 0.302 e. The molecule has 2 fully saturated rings. The molecule has 1 N–H and O–H groups in total. The van der Waals surface area contributed by atoms with E-state index in [0.29, 0.717) is 45.7 Å². The van der Waals surface area contributed by atoms with Crippen LogP contribution in [0.5, 0.6) is 5.75 Å². The van der Waals surface area contributed by atoms with Crippen molar-refractivity contribution in [1.82, 2.24) is 15.1 Å². The lowest BCUT2D eigenvalue weighted by atomic mass is 9.82. The number of carbonyl (C=O) groups is 3. The van der Waals surface area contributed by atoms with Gasteiger partial charge in [-0.1, -0.05) is 54.6 Å². The molecule has 1 saturated carbocycles. The molecule has 0 radical (unpaired) electrons. The van der Waals surface area contributed by atoms with E-state index in [1.54, 1.807) is 6.92 Å². The number of ether oxygens (including phenoxy) is 2. The van der Waals surface area contributed by atoms with Crippen LogP contribution in [0, 0.1) is 20.8 Å². The number of rotatable bonds is 12. The first kappa shape index (κ1) is 34.4. The number of fused-ring (bicyclic) bond motifs is 2. The molecule has 3 aromatic carbocycles. The molecule has 0 aromatic heterocycles. The van der Waals surface area contributed by atoms with E-state index in [1.165, 1.54) is 29.2 Å². The summed E-state index contributed by atoms with van der Waals surface area (Å²) in [5.41, 5.74) is 9.83. The smallest absolute Gasteiger partial charge is 0.302 e. The van der Waals surface area contributed by atoms with Gasteiger partial charge in [0, 0.05) is 64.0 Å². The monoisotopic (exact) mass is 663 g/mol. The van der Waals surface area contributed by atoms with E-state index in [9.17, 15) is 14.4 Å². The number of esters is 1. The van der Waals surface area contributed by atoms with Crippen LogP contribution in [0.25, 0.3) is 5.57 Å². The Labute approximate surface area is 290 Å². The minimum absolute atomic E-state index is 0.0370. The van der Waals surface area contributed by atoms with Crippen LogP contribution in [0.15, 0.2) is 66.2 Å². The predicted molar refractivity (Wildman–Crippen MR) is 191 cm³/mol. The summed E-state index contributed by atoms with van der Waals surface area (Å²) in [6.45, 7) is 11.8. The fourth-order valence-electron chi connectivity index (χ4n) is 7.28. The number of nitrogens with one attached hydrogen (secondary N) is 1. The van der Waals surface area contributed by atoms with E-state index < -0.39 is 0 Å². The van der Waals surface area contributed by atoms with E-state index >= 15 is 0 Å². The number of carbonyl (C=O) groups excluding carboxylic acids is 3. The quantitative estimate of drug-likeness (QED) is 0.244. The van der Waals surface area contributed by atoms with Gasteiger partial charge in [0.25, 0.3) is 5.91 Å². The van der Waals surface area contributed by atoms with Crippen molar-refractivity contribution in [2.45, 2.75) is 91.4 Å². The first-order valence-electron chi connectivity index (χ1n) is 17.6. The summed E-state index contributed by atoms with van der Waals surface area (Å²) in [7, 11) is 0. The molecule has 2 atom stereocenters. The minimum Gasteiger partial charge on any atom is -0.493 e. The van der Waals surface area contributed by atoms with E-state index in [1.807, 2.05) is 28.0 Å². The number of hydrogen-bond donors (Lipinski definition) is 1. The summed E-state index contributed by atoms with van der Waals surface area (Å²) < 4.78 is 11.4. The maximum atomic E-state index is 14.8. The van der Waals surface area contributed by atoms with Crippen molar-refractivity contribution in [1.29, 1.82) is 0 Å². The second-order valence-electron chi connectivity index (χ2n) is 14.0. The molecule has 2 aliphatic heterocycles. The third-order valence-corrected chi connectivity index (χ3v) is 10.2. The van der Waals surface area contributed by atoms with Gasteiger partial charge in [-0.05, 0) is 90.6 Å². The van der Waals surface area contributed by atoms with E-state index in [4.69, 9.17) is 9.47 Å². The fourth-order valence-corrected chi connectivity index (χ4v) is 7.28. The highest BCUT2D eigenvalue weighted by Crippen LogP contribution is 2.38. The van der Waals surface area contributed by atoms with Crippen LogP contribution in [0.3, 0.4) is 0 Å². The molecule has 0 spiro atoms. The molecule has 8 heteroatoms. The number of piperazine rings is 1. The van der Waals surface area contributed by atoms with Gasteiger partial charge < -0.3 is 24.6 Å². The molecule has 258 valence electrons. The predicted octanol–water partition coefficient (Wildman–Crippen LogP) is 5.88. The Kier molecular flexibility index (Phi) is 10.5. The van der Waals surface area contributed by atoms with Crippen LogP contribution in [-0.2, 0) is 38.5 Å². The zero-order valence-corrected chi connectivity index (χ0v) is 29.5. The molecule has 1 saturated heterocycles. The van der Waals surface area contributed by atoms with Crippen LogP contribution >= 0.6 is 0 Å². The average molecular weight is 664 g/mol. The Balaban J connectivity index is 1.26. The summed E-state index contributed by atoms with van der Waals surface area (Å²) in [5, 5.41) is 3.70. The van der Waals surface area contributed by atoms with Gasteiger partial charge in [0.15, 0.2) is 0 Å². The fraction of sp³-hybridized carbons (Fsp3) is 0.439. The van der Waals surface area contributed by atoms with Crippen LogP contribution in [0.4, 0.5) is 0 Å². The second kappa shape index (κ2) is 15.0. The lowest BCUT2D eigenvalue weighted by Gasteiger charge is -2.44. The second-order valence-corrected chi connectivity index (χ2v) is 14.0. The molecule has 1 aliphatic carbocycles. The number of amides is 2. The lowest BCUT2D eigenvalue weighted by Crippen LogP contribution is -2.61. The van der Waals surface area contributed by atoms with Gasteiger partial charge in [-0.3, -0.25) is 14.4 Å².